The summed E-state index contributed by atoms with van der Waals surface area (Å²) in [4.78, 5) is 2.47. The predicted molar refractivity (Wildman–Crippen MR) is 213 cm³/mol. The molecule has 0 radical (unpaired) electrons. The highest BCUT2D eigenvalue weighted by Crippen LogP contribution is 2.51. The van der Waals surface area contributed by atoms with Gasteiger partial charge in [-0.05, 0) is 91.2 Å². The van der Waals surface area contributed by atoms with Gasteiger partial charge in [-0.15, -0.1) is 0 Å². The summed E-state index contributed by atoms with van der Waals surface area (Å²) in [5.74, 6) is 0. The average molecular weight is 640 g/mol. The summed E-state index contributed by atoms with van der Waals surface area (Å²) < 4.78 is 0. The van der Waals surface area contributed by atoms with E-state index in [4.69, 9.17) is 0 Å². The molecule has 1 nitrogen and oxygen atoms in total. The average Bonchev–Trinajstić information content (AvgIpc) is 3.41. The summed E-state index contributed by atoms with van der Waals surface area (Å²) in [6, 6.07) is 68.7. The fourth-order valence-corrected chi connectivity index (χ4v) is 7.94. The zero-order chi connectivity index (χ0) is 33.7. The molecule has 0 bridgehead atoms. The first-order valence-corrected chi connectivity index (χ1v) is 17.4. The second kappa shape index (κ2) is 12.1. The van der Waals surface area contributed by atoms with Crippen molar-refractivity contribution in [2.24, 2.45) is 0 Å². The van der Waals surface area contributed by atoms with Crippen molar-refractivity contribution in [3.8, 4) is 44.5 Å². The monoisotopic (exact) mass is 639 g/mol. The summed E-state index contributed by atoms with van der Waals surface area (Å²) in [5, 5.41) is 2.50. The second-order valence-electron chi connectivity index (χ2n) is 13.8. The quantitative estimate of drug-likeness (QED) is 0.175. The van der Waals surface area contributed by atoms with Crippen molar-refractivity contribution in [3.63, 3.8) is 0 Å². The predicted octanol–water partition coefficient (Wildman–Crippen LogP) is 13.6. The van der Waals surface area contributed by atoms with Crippen molar-refractivity contribution in [1.29, 1.82) is 0 Å². The lowest BCUT2D eigenvalue weighted by Gasteiger charge is -2.30. The van der Waals surface area contributed by atoms with Gasteiger partial charge in [0.15, 0.2) is 0 Å². The third kappa shape index (κ3) is 5.02. The first-order valence-electron chi connectivity index (χ1n) is 17.4. The highest BCUT2D eigenvalue weighted by Gasteiger charge is 2.36. The lowest BCUT2D eigenvalue weighted by Crippen LogP contribution is -2.17. The first kappa shape index (κ1) is 29.9. The van der Waals surface area contributed by atoms with Crippen LogP contribution in [0.4, 0.5) is 17.1 Å². The van der Waals surface area contributed by atoms with Gasteiger partial charge in [-0.2, -0.15) is 0 Å². The molecule has 0 fully saturated rings. The van der Waals surface area contributed by atoms with Crippen LogP contribution in [0, 0.1) is 0 Å². The van der Waals surface area contributed by atoms with Crippen molar-refractivity contribution >= 4 is 27.8 Å². The Balaban J connectivity index is 1.32. The van der Waals surface area contributed by atoms with Crippen LogP contribution >= 0.6 is 0 Å². The lowest BCUT2D eigenvalue weighted by atomic mass is 9.82. The van der Waals surface area contributed by atoms with Gasteiger partial charge in [0.2, 0.25) is 0 Å². The number of nitrogens with zero attached hydrogens (tertiary/aromatic N) is 1. The zero-order valence-electron chi connectivity index (χ0n) is 28.3. The van der Waals surface area contributed by atoms with E-state index in [-0.39, 0.29) is 5.41 Å². The van der Waals surface area contributed by atoms with Gasteiger partial charge in [0.25, 0.3) is 0 Å². The van der Waals surface area contributed by atoms with Crippen LogP contribution in [0.3, 0.4) is 0 Å². The highest BCUT2D eigenvalue weighted by atomic mass is 15.1. The third-order valence-electron chi connectivity index (χ3n) is 10.5. The molecule has 8 aromatic rings. The number of hydrogen-bond acceptors (Lipinski definition) is 1. The maximum atomic E-state index is 2.47. The molecule has 0 unspecified atom stereocenters. The summed E-state index contributed by atoms with van der Waals surface area (Å²) in [5.41, 5.74) is 15.8. The van der Waals surface area contributed by atoms with E-state index in [9.17, 15) is 0 Å². The molecule has 1 aliphatic carbocycles. The molecular formula is C49H37N. The first-order chi connectivity index (χ1) is 24.6. The second-order valence-corrected chi connectivity index (χ2v) is 13.8. The largest absolute Gasteiger partial charge is 0.310 e. The summed E-state index contributed by atoms with van der Waals surface area (Å²) >= 11 is 0. The summed E-state index contributed by atoms with van der Waals surface area (Å²) in [6.45, 7) is 4.72. The van der Waals surface area contributed by atoms with Crippen LogP contribution in [0.5, 0.6) is 0 Å². The van der Waals surface area contributed by atoms with Crippen LogP contribution in [0.2, 0.25) is 0 Å². The Hall–Kier alpha value is -6.18. The van der Waals surface area contributed by atoms with Crippen LogP contribution in [-0.2, 0) is 5.41 Å². The fourth-order valence-electron chi connectivity index (χ4n) is 7.94. The Kier molecular flexibility index (Phi) is 7.21. The Morgan fingerprint density at radius 2 is 0.960 bits per heavy atom. The van der Waals surface area contributed by atoms with E-state index in [0.717, 1.165) is 17.1 Å². The van der Waals surface area contributed by atoms with Crippen molar-refractivity contribution < 1.29 is 0 Å². The third-order valence-corrected chi connectivity index (χ3v) is 10.5. The topological polar surface area (TPSA) is 3.24 Å². The molecule has 1 aliphatic rings. The molecule has 0 saturated carbocycles. The maximum absolute atomic E-state index is 2.47. The molecular weight excluding hydrogens is 603 g/mol. The molecule has 1 heteroatoms. The van der Waals surface area contributed by atoms with Gasteiger partial charge >= 0.3 is 0 Å². The molecule has 0 aromatic heterocycles. The zero-order valence-corrected chi connectivity index (χ0v) is 28.3. The number of fused-ring (bicyclic) bond motifs is 4. The van der Waals surface area contributed by atoms with E-state index in [1.807, 2.05) is 0 Å². The van der Waals surface area contributed by atoms with E-state index >= 15 is 0 Å². The van der Waals surface area contributed by atoms with E-state index in [2.05, 4.69) is 207 Å². The molecule has 9 rings (SSSR count). The Morgan fingerprint density at radius 1 is 0.360 bits per heavy atom. The van der Waals surface area contributed by atoms with Gasteiger partial charge in [-0.1, -0.05) is 172 Å². The van der Waals surface area contributed by atoms with Gasteiger partial charge in [-0.3, -0.25) is 0 Å². The molecule has 0 N–H and O–H groups in total. The molecule has 0 heterocycles. The van der Waals surface area contributed by atoms with Crippen molar-refractivity contribution in [3.05, 3.63) is 199 Å². The maximum Gasteiger partial charge on any atom is 0.0546 e. The van der Waals surface area contributed by atoms with E-state index in [1.54, 1.807) is 0 Å². The molecule has 50 heavy (non-hydrogen) atoms. The van der Waals surface area contributed by atoms with Gasteiger partial charge < -0.3 is 4.90 Å². The minimum atomic E-state index is -0.118. The molecule has 0 amide bonds. The SMILES string of the molecule is CC1(C)c2ccccc2-c2ccc(N(c3cccc(-c4ccccc4)c3)c3cc(-c4cccc5ccccc45)ccc3-c3ccccc3)cc21. The van der Waals surface area contributed by atoms with Crippen LogP contribution in [-0.4, -0.2) is 0 Å². The number of benzene rings is 8. The van der Waals surface area contributed by atoms with E-state index < -0.39 is 0 Å². The number of rotatable bonds is 6. The van der Waals surface area contributed by atoms with Crippen molar-refractivity contribution in [2.45, 2.75) is 19.3 Å². The summed E-state index contributed by atoms with van der Waals surface area (Å²) in [7, 11) is 0. The molecule has 0 aliphatic heterocycles. The standard InChI is InChI=1S/C49H37N/c1-49(2)46-26-12-11-24-44(46)45-30-28-40(33-47(45)49)50(39-22-13-21-37(31-39)34-15-5-3-6-16-34)48-32-38(27-29-43(48)36-17-7-4-8-18-36)42-25-14-20-35-19-9-10-23-41(35)42/h3-33H,1-2H3. The van der Waals surface area contributed by atoms with E-state index in [0.29, 0.717) is 0 Å². The normalized spacial score (nSPS) is 12.8. The molecule has 0 atom stereocenters. The molecule has 8 aromatic carbocycles. The van der Waals surface area contributed by atoms with Gasteiger partial charge in [-0.25, -0.2) is 0 Å². The fraction of sp³-hybridized carbons (Fsp3) is 0.0612. The lowest BCUT2D eigenvalue weighted by molar-refractivity contribution is 0.660. The highest BCUT2D eigenvalue weighted by molar-refractivity contribution is 5.99. The van der Waals surface area contributed by atoms with Crippen molar-refractivity contribution in [1.82, 2.24) is 0 Å². The Morgan fingerprint density at radius 3 is 1.80 bits per heavy atom. The number of hydrogen-bond donors (Lipinski definition) is 0. The van der Waals surface area contributed by atoms with Gasteiger partial charge in [0.1, 0.15) is 0 Å². The number of anilines is 3. The van der Waals surface area contributed by atoms with Crippen LogP contribution in [0.15, 0.2) is 188 Å². The Labute approximate surface area is 294 Å². The van der Waals surface area contributed by atoms with Gasteiger partial charge in [0, 0.05) is 22.4 Å². The minimum absolute atomic E-state index is 0.118. The van der Waals surface area contributed by atoms with Gasteiger partial charge in [0.05, 0.1) is 5.69 Å². The molecule has 238 valence electrons. The smallest absolute Gasteiger partial charge is 0.0546 e. The molecule has 0 saturated heterocycles. The minimum Gasteiger partial charge on any atom is -0.310 e. The summed E-state index contributed by atoms with van der Waals surface area (Å²) in [6.07, 6.45) is 0. The van der Waals surface area contributed by atoms with E-state index in [1.165, 1.54) is 66.4 Å². The molecule has 0 spiro atoms. The van der Waals surface area contributed by atoms with Crippen LogP contribution < -0.4 is 4.90 Å². The van der Waals surface area contributed by atoms with Crippen LogP contribution in [0.25, 0.3) is 55.3 Å². The van der Waals surface area contributed by atoms with Crippen molar-refractivity contribution in [2.75, 3.05) is 4.90 Å². The Bertz CT molecular complexity index is 2500. The van der Waals surface area contributed by atoms with Crippen LogP contribution in [0.1, 0.15) is 25.0 Å².